The van der Waals surface area contributed by atoms with E-state index >= 15 is 0 Å². The van der Waals surface area contributed by atoms with E-state index in [9.17, 15) is 19.2 Å². The summed E-state index contributed by atoms with van der Waals surface area (Å²) in [5.74, 6) is -1.52. The Morgan fingerprint density at radius 2 is 1.56 bits per heavy atom. The van der Waals surface area contributed by atoms with Gasteiger partial charge in [0.1, 0.15) is 15.9 Å². The lowest BCUT2D eigenvalue weighted by molar-refractivity contribution is -0.116. The van der Waals surface area contributed by atoms with Crippen LogP contribution in [0.1, 0.15) is 72.4 Å². The standard InChI is InChI=1S/C47H39Cl2N3O5S2/c1-2-57-47(56)41-37-24-22-32(29-13-6-3-7-14-29)26-40(37)59-46(41)52-45(55)42(30-15-8-4-9-16-30)58-36-20-12-19-35(28-36)50-44(54)39(25-33-21-23-34(48)27-38(33)49)51-43(53)31-17-10-5-11-18-31/h3-21,23,25,27-28,32,42H,2,22,24,26H2,1H3,(H,50,54)(H,51,53)(H,52,55)/b39-25+. The molecule has 3 amide bonds. The lowest BCUT2D eigenvalue weighted by atomic mass is 9.83. The second kappa shape index (κ2) is 19.4. The number of rotatable bonds is 13. The number of amides is 3. The lowest BCUT2D eigenvalue weighted by Gasteiger charge is -2.23. The molecule has 1 aliphatic carbocycles. The molecule has 0 saturated carbocycles. The number of nitrogens with one attached hydrogen (secondary N) is 3. The van der Waals surface area contributed by atoms with Crippen LogP contribution in [0, 0.1) is 0 Å². The van der Waals surface area contributed by atoms with Crippen molar-refractivity contribution in [3.05, 3.63) is 187 Å². The molecule has 0 aliphatic heterocycles. The average Bonchev–Trinajstić information content (AvgIpc) is 3.61. The molecule has 0 spiro atoms. The molecule has 1 aliphatic rings. The van der Waals surface area contributed by atoms with E-state index in [0.717, 1.165) is 28.8 Å². The van der Waals surface area contributed by atoms with Gasteiger partial charge in [0, 0.05) is 31.1 Å². The largest absolute Gasteiger partial charge is 0.462 e. The molecule has 0 saturated heterocycles. The number of thioether (sulfide) groups is 1. The van der Waals surface area contributed by atoms with Crippen molar-refractivity contribution < 1.29 is 23.9 Å². The quantitative estimate of drug-likeness (QED) is 0.0605. The molecule has 3 N–H and O–H groups in total. The van der Waals surface area contributed by atoms with Gasteiger partial charge in [0.2, 0.25) is 5.91 Å². The van der Waals surface area contributed by atoms with Crippen LogP contribution in [0.25, 0.3) is 6.08 Å². The summed E-state index contributed by atoms with van der Waals surface area (Å²) >= 11 is 15.3. The molecule has 8 nitrogen and oxygen atoms in total. The molecule has 0 bridgehead atoms. The van der Waals surface area contributed by atoms with Gasteiger partial charge >= 0.3 is 5.97 Å². The fraction of sp³-hybridized carbons (Fsp3) is 0.149. The summed E-state index contributed by atoms with van der Waals surface area (Å²) < 4.78 is 5.51. The first-order valence-corrected chi connectivity index (χ1v) is 21.5. The van der Waals surface area contributed by atoms with Crippen molar-refractivity contribution in [3.63, 3.8) is 0 Å². The minimum Gasteiger partial charge on any atom is -0.462 e. The van der Waals surface area contributed by atoms with E-state index in [-0.39, 0.29) is 18.2 Å². The summed E-state index contributed by atoms with van der Waals surface area (Å²) in [7, 11) is 0. The van der Waals surface area contributed by atoms with E-state index in [1.807, 2.05) is 54.6 Å². The van der Waals surface area contributed by atoms with Crippen LogP contribution in [0.2, 0.25) is 10.0 Å². The molecule has 1 heterocycles. The van der Waals surface area contributed by atoms with Crippen molar-refractivity contribution in [1.29, 1.82) is 0 Å². The van der Waals surface area contributed by atoms with Crippen LogP contribution >= 0.6 is 46.3 Å². The third-order valence-corrected chi connectivity index (χ3v) is 12.7. The third kappa shape index (κ3) is 10.3. The maximum Gasteiger partial charge on any atom is 0.341 e. The van der Waals surface area contributed by atoms with Crippen LogP contribution in [0.4, 0.5) is 10.7 Å². The highest BCUT2D eigenvalue weighted by Crippen LogP contribution is 2.44. The van der Waals surface area contributed by atoms with Crippen LogP contribution in [-0.2, 0) is 27.2 Å². The molecule has 298 valence electrons. The van der Waals surface area contributed by atoms with Gasteiger partial charge in [-0.25, -0.2) is 4.79 Å². The number of anilines is 2. The Hall–Kier alpha value is -5.65. The number of carbonyl (C=O) groups is 4. The van der Waals surface area contributed by atoms with Gasteiger partial charge in [-0.3, -0.25) is 14.4 Å². The Kier molecular flexibility index (Phi) is 13.6. The first-order chi connectivity index (χ1) is 28.7. The Balaban J connectivity index is 1.14. The summed E-state index contributed by atoms with van der Waals surface area (Å²) in [5, 5.41) is 9.22. The Bertz CT molecular complexity index is 2510. The summed E-state index contributed by atoms with van der Waals surface area (Å²) in [6, 6.07) is 40.2. The maximum absolute atomic E-state index is 14.4. The van der Waals surface area contributed by atoms with E-state index in [1.54, 1.807) is 73.7 Å². The molecule has 5 aromatic carbocycles. The van der Waals surface area contributed by atoms with Gasteiger partial charge in [0.25, 0.3) is 11.8 Å². The smallest absolute Gasteiger partial charge is 0.341 e. The molecule has 0 radical (unpaired) electrons. The predicted octanol–water partition coefficient (Wildman–Crippen LogP) is 11.4. The molecule has 2 unspecified atom stereocenters. The van der Waals surface area contributed by atoms with Crippen LogP contribution in [0.5, 0.6) is 0 Å². The molecule has 7 rings (SSSR count). The van der Waals surface area contributed by atoms with E-state index in [1.165, 1.54) is 34.7 Å². The predicted molar refractivity (Wildman–Crippen MR) is 239 cm³/mol. The monoisotopic (exact) mass is 859 g/mol. The number of halogens is 2. The van der Waals surface area contributed by atoms with E-state index in [4.69, 9.17) is 27.9 Å². The highest BCUT2D eigenvalue weighted by molar-refractivity contribution is 8.00. The Morgan fingerprint density at radius 1 is 0.847 bits per heavy atom. The minimum atomic E-state index is -0.735. The van der Waals surface area contributed by atoms with E-state index in [2.05, 4.69) is 28.1 Å². The van der Waals surface area contributed by atoms with Crippen LogP contribution in [0.3, 0.4) is 0 Å². The van der Waals surface area contributed by atoms with E-state index < -0.39 is 23.0 Å². The van der Waals surface area contributed by atoms with Crippen molar-refractivity contribution in [2.45, 2.75) is 42.2 Å². The number of benzene rings is 5. The van der Waals surface area contributed by atoms with E-state index in [0.29, 0.717) is 54.7 Å². The summed E-state index contributed by atoms with van der Waals surface area (Å²) in [6.45, 7) is 1.98. The normalized spacial score (nSPS) is 14.1. The molecule has 1 aromatic heterocycles. The summed E-state index contributed by atoms with van der Waals surface area (Å²) in [4.78, 5) is 56.7. The van der Waals surface area contributed by atoms with Crippen LogP contribution in [0.15, 0.2) is 144 Å². The van der Waals surface area contributed by atoms with Crippen LogP contribution in [-0.4, -0.2) is 30.3 Å². The van der Waals surface area contributed by atoms with Gasteiger partial charge in [0.15, 0.2) is 0 Å². The topological polar surface area (TPSA) is 114 Å². The van der Waals surface area contributed by atoms with Crippen LogP contribution < -0.4 is 16.0 Å². The Labute approximate surface area is 361 Å². The lowest BCUT2D eigenvalue weighted by Crippen LogP contribution is -2.30. The second-order valence-electron chi connectivity index (χ2n) is 13.7. The highest BCUT2D eigenvalue weighted by atomic mass is 35.5. The molecule has 2 atom stereocenters. The van der Waals surface area contributed by atoms with Crippen molar-refractivity contribution >= 4 is 86.8 Å². The zero-order chi connectivity index (χ0) is 41.3. The molecule has 6 aromatic rings. The number of ether oxygens (including phenoxy) is 1. The number of fused-ring (bicyclic) bond motifs is 1. The minimum absolute atomic E-state index is 0.0474. The number of esters is 1. The van der Waals surface area contributed by atoms with Gasteiger partial charge < -0.3 is 20.7 Å². The van der Waals surface area contributed by atoms with Crippen molar-refractivity contribution in [2.24, 2.45) is 0 Å². The van der Waals surface area contributed by atoms with Gasteiger partial charge in [-0.2, -0.15) is 0 Å². The van der Waals surface area contributed by atoms with Gasteiger partial charge in [0.05, 0.1) is 12.2 Å². The highest BCUT2D eigenvalue weighted by Gasteiger charge is 2.32. The third-order valence-electron chi connectivity index (χ3n) is 9.73. The van der Waals surface area contributed by atoms with Crippen molar-refractivity contribution in [1.82, 2.24) is 5.32 Å². The molecular formula is C47H39Cl2N3O5S2. The zero-order valence-electron chi connectivity index (χ0n) is 31.9. The number of thiophene rings is 1. The first kappa shape index (κ1) is 41.5. The maximum atomic E-state index is 14.4. The number of carbonyl (C=O) groups excluding carboxylic acids is 4. The number of hydrogen-bond acceptors (Lipinski definition) is 7. The SMILES string of the molecule is CCOC(=O)c1c(NC(=O)C(Sc2cccc(NC(=O)/C(=C\c3ccc(Cl)cc3Cl)NC(=O)c3ccccc3)c2)c2ccccc2)sc2c1CCC(c1ccccc1)C2. The molecule has 12 heteroatoms. The van der Waals surface area contributed by atoms with Gasteiger partial charge in [-0.05, 0) is 103 Å². The Morgan fingerprint density at radius 3 is 2.27 bits per heavy atom. The van der Waals surface area contributed by atoms with Crippen molar-refractivity contribution in [2.75, 3.05) is 17.2 Å². The summed E-state index contributed by atoms with van der Waals surface area (Å²) in [5.41, 5.74) is 4.60. The average molecular weight is 861 g/mol. The van der Waals surface area contributed by atoms with Gasteiger partial charge in [-0.15, -0.1) is 23.1 Å². The second-order valence-corrected chi connectivity index (χ2v) is 16.8. The van der Waals surface area contributed by atoms with Crippen molar-refractivity contribution in [3.8, 4) is 0 Å². The number of hydrogen-bond donors (Lipinski definition) is 3. The zero-order valence-corrected chi connectivity index (χ0v) is 35.0. The fourth-order valence-corrected chi connectivity index (χ4v) is 9.74. The molecular weight excluding hydrogens is 822 g/mol. The molecule has 0 fully saturated rings. The molecule has 59 heavy (non-hydrogen) atoms. The van der Waals surface area contributed by atoms with Gasteiger partial charge in [-0.1, -0.05) is 114 Å². The summed E-state index contributed by atoms with van der Waals surface area (Å²) in [6.07, 6.45) is 3.83. The fourth-order valence-electron chi connectivity index (χ4n) is 6.88. The first-order valence-electron chi connectivity index (χ1n) is 19.0.